The Morgan fingerprint density at radius 1 is 1.17 bits per heavy atom. The fourth-order valence-electron chi connectivity index (χ4n) is 3.30. The second kappa shape index (κ2) is 8.49. The summed E-state index contributed by atoms with van der Waals surface area (Å²) in [6.45, 7) is 2.59. The number of hydrogen-bond donors (Lipinski definition) is 2. The van der Waals surface area contributed by atoms with Crippen LogP contribution >= 0.6 is 0 Å². The fraction of sp³-hybridized carbons (Fsp3) is 0.304. The van der Waals surface area contributed by atoms with Gasteiger partial charge in [0.1, 0.15) is 6.54 Å². The SMILES string of the molecule is CCc1cccc(NC(=O)Cn2cnc3cc(C(=O)NCC4CC4)ccc3c2=O)c1. The Morgan fingerprint density at radius 3 is 2.77 bits per heavy atom. The monoisotopic (exact) mass is 404 g/mol. The van der Waals surface area contributed by atoms with Gasteiger partial charge in [-0.2, -0.15) is 0 Å². The molecule has 1 saturated carbocycles. The normalized spacial score (nSPS) is 13.2. The van der Waals surface area contributed by atoms with Crippen molar-refractivity contribution in [3.8, 4) is 0 Å². The molecule has 0 atom stereocenters. The first-order valence-corrected chi connectivity index (χ1v) is 10.2. The molecule has 2 aromatic carbocycles. The first-order chi connectivity index (χ1) is 14.5. The van der Waals surface area contributed by atoms with Crippen LogP contribution in [0.4, 0.5) is 5.69 Å². The second-order valence-corrected chi connectivity index (χ2v) is 7.67. The summed E-state index contributed by atoms with van der Waals surface area (Å²) in [5.74, 6) is 0.126. The lowest BCUT2D eigenvalue weighted by atomic mass is 10.1. The number of nitrogens with zero attached hydrogens (tertiary/aromatic N) is 2. The molecule has 7 heteroatoms. The van der Waals surface area contributed by atoms with Crippen LogP contribution in [0.3, 0.4) is 0 Å². The lowest BCUT2D eigenvalue weighted by molar-refractivity contribution is -0.116. The molecule has 1 fully saturated rings. The lowest BCUT2D eigenvalue weighted by Gasteiger charge is -2.09. The number of benzene rings is 2. The standard InChI is InChI=1S/C23H24N4O3/c1-2-15-4-3-5-18(10-15)26-21(28)13-27-14-25-20-11-17(8-9-19(20)23(27)30)22(29)24-12-16-6-7-16/h3-5,8-11,14,16H,2,6-7,12-13H2,1H3,(H,24,29)(H,26,28). The van der Waals surface area contributed by atoms with Crippen LogP contribution in [0.15, 0.2) is 53.6 Å². The van der Waals surface area contributed by atoms with Crippen LogP contribution in [0.1, 0.15) is 35.7 Å². The first kappa shape index (κ1) is 19.8. The highest BCUT2D eigenvalue weighted by atomic mass is 16.2. The van der Waals surface area contributed by atoms with Crippen LogP contribution < -0.4 is 16.2 Å². The average molecular weight is 404 g/mol. The molecule has 30 heavy (non-hydrogen) atoms. The van der Waals surface area contributed by atoms with Gasteiger partial charge in [0.2, 0.25) is 5.91 Å². The molecular formula is C23H24N4O3. The molecular weight excluding hydrogens is 380 g/mol. The summed E-state index contributed by atoms with van der Waals surface area (Å²) < 4.78 is 1.27. The maximum atomic E-state index is 12.8. The van der Waals surface area contributed by atoms with Gasteiger partial charge in [-0.3, -0.25) is 19.0 Å². The predicted octanol–water partition coefficient (Wildman–Crippen LogP) is 2.74. The van der Waals surface area contributed by atoms with E-state index in [0.29, 0.717) is 34.6 Å². The largest absolute Gasteiger partial charge is 0.352 e. The summed E-state index contributed by atoms with van der Waals surface area (Å²) in [5, 5.41) is 6.09. The van der Waals surface area contributed by atoms with E-state index in [0.717, 1.165) is 24.8 Å². The maximum absolute atomic E-state index is 12.8. The Labute approximate surface area is 174 Å². The van der Waals surface area contributed by atoms with Crippen LogP contribution in [-0.4, -0.2) is 27.9 Å². The number of carbonyl (C=O) groups excluding carboxylic acids is 2. The molecule has 3 aromatic rings. The average Bonchev–Trinajstić information content (AvgIpc) is 3.58. The lowest BCUT2D eigenvalue weighted by Crippen LogP contribution is -2.28. The second-order valence-electron chi connectivity index (χ2n) is 7.67. The van der Waals surface area contributed by atoms with Crippen LogP contribution in [0, 0.1) is 5.92 Å². The van der Waals surface area contributed by atoms with Crippen molar-refractivity contribution >= 4 is 28.4 Å². The number of nitrogens with one attached hydrogen (secondary N) is 2. The van der Waals surface area contributed by atoms with Gasteiger partial charge in [0.15, 0.2) is 0 Å². The summed E-state index contributed by atoms with van der Waals surface area (Å²) in [5.41, 5.74) is 2.41. The molecule has 4 rings (SSSR count). The summed E-state index contributed by atoms with van der Waals surface area (Å²) >= 11 is 0. The number of anilines is 1. The summed E-state index contributed by atoms with van der Waals surface area (Å²) in [4.78, 5) is 41.7. The smallest absolute Gasteiger partial charge is 0.261 e. The summed E-state index contributed by atoms with van der Waals surface area (Å²) in [7, 11) is 0. The molecule has 154 valence electrons. The maximum Gasteiger partial charge on any atom is 0.261 e. The van der Waals surface area contributed by atoms with E-state index in [9.17, 15) is 14.4 Å². The highest BCUT2D eigenvalue weighted by Gasteiger charge is 2.22. The van der Waals surface area contributed by atoms with Crippen LogP contribution in [0.2, 0.25) is 0 Å². The van der Waals surface area contributed by atoms with E-state index >= 15 is 0 Å². The predicted molar refractivity (Wildman–Crippen MR) is 116 cm³/mol. The Bertz CT molecular complexity index is 1160. The fourth-order valence-corrected chi connectivity index (χ4v) is 3.30. The zero-order valence-corrected chi connectivity index (χ0v) is 16.9. The van der Waals surface area contributed by atoms with E-state index < -0.39 is 0 Å². The summed E-state index contributed by atoms with van der Waals surface area (Å²) in [6.07, 6.45) is 4.55. The number of fused-ring (bicyclic) bond motifs is 1. The van der Waals surface area contributed by atoms with Gasteiger partial charge in [-0.25, -0.2) is 4.98 Å². The van der Waals surface area contributed by atoms with Gasteiger partial charge < -0.3 is 10.6 Å². The van der Waals surface area contributed by atoms with E-state index in [2.05, 4.69) is 15.6 Å². The molecule has 0 radical (unpaired) electrons. The van der Waals surface area contributed by atoms with Gasteiger partial charge in [-0.1, -0.05) is 19.1 Å². The molecule has 1 aliphatic carbocycles. The van der Waals surface area contributed by atoms with E-state index in [4.69, 9.17) is 0 Å². The topological polar surface area (TPSA) is 93.1 Å². The molecule has 2 amide bonds. The Hall–Kier alpha value is -3.48. The summed E-state index contributed by atoms with van der Waals surface area (Å²) in [6, 6.07) is 12.4. The van der Waals surface area contributed by atoms with Gasteiger partial charge in [0, 0.05) is 17.8 Å². The molecule has 0 spiro atoms. The van der Waals surface area contributed by atoms with Crippen molar-refractivity contribution in [1.82, 2.24) is 14.9 Å². The molecule has 0 saturated heterocycles. The molecule has 2 N–H and O–H groups in total. The number of aryl methyl sites for hydroxylation is 1. The van der Waals surface area contributed by atoms with Crippen molar-refractivity contribution in [1.29, 1.82) is 0 Å². The van der Waals surface area contributed by atoms with Crippen molar-refractivity contribution in [3.63, 3.8) is 0 Å². The molecule has 1 aromatic heterocycles. The Balaban J connectivity index is 1.48. The van der Waals surface area contributed by atoms with Crippen LogP contribution in [0.25, 0.3) is 10.9 Å². The molecule has 0 bridgehead atoms. The van der Waals surface area contributed by atoms with Gasteiger partial charge in [-0.15, -0.1) is 0 Å². The number of amides is 2. The Kier molecular flexibility index (Phi) is 5.61. The van der Waals surface area contributed by atoms with Crippen LogP contribution in [-0.2, 0) is 17.8 Å². The third-order valence-corrected chi connectivity index (χ3v) is 5.27. The van der Waals surface area contributed by atoms with E-state index in [1.807, 2.05) is 31.2 Å². The zero-order valence-electron chi connectivity index (χ0n) is 16.9. The molecule has 0 unspecified atom stereocenters. The van der Waals surface area contributed by atoms with E-state index in [1.54, 1.807) is 18.2 Å². The van der Waals surface area contributed by atoms with Crippen molar-refractivity contribution in [2.24, 2.45) is 5.92 Å². The first-order valence-electron chi connectivity index (χ1n) is 10.2. The minimum Gasteiger partial charge on any atom is -0.352 e. The van der Waals surface area contributed by atoms with Gasteiger partial charge in [0.25, 0.3) is 11.5 Å². The quantitative estimate of drug-likeness (QED) is 0.633. The van der Waals surface area contributed by atoms with Gasteiger partial charge in [0.05, 0.1) is 17.2 Å². The minimum atomic E-state index is -0.317. The molecule has 7 nitrogen and oxygen atoms in total. The third-order valence-electron chi connectivity index (χ3n) is 5.27. The highest BCUT2D eigenvalue weighted by Crippen LogP contribution is 2.27. The van der Waals surface area contributed by atoms with Crippen molar-refractivity contribution < 1.29 is 9.59 Å². The van der Waals surface area contributed by atoms with Gasteiger partial charge >= 0.3 is 0 Å². The van der Waals surface area contributed by atoms with Crippen molar-refractivity contribution in [3.05, 3.63) is 70.3 Å². The number of hydrogen-bond acceptors (Lipinski definition) is 4. The van der Waals surface area contributed by atoms with Gasteiger partial charge in [-0.05, 0) is 61.1 Å². The number of carbonyl (C=O) groups is 2. The number of rotatable bonds is 7. The van der Waals surface area contributed by atoms with Crippen LogP contribution in [0.5, 0.6) is 0 Å². The Morgan fingerprint density at radius 2 is 2.00 bits per heavy atom. The van der Waals surface area contributed by atoms with Crippen molar-refractivity contribution in [2.45, 2.75) is 32.7 Å². The van der Waals surface area contributed by atoms with E-state index in [-0.39, 0.29) is 23.9 Å². The molecule has 0 aliphatic heterocycles. The highest BCUT2D eigenvalue weighted by molar-refractivity contribution is 5.97. The molecule has 1 heterocycles. The van der Waals surface area contributed by atoms with E-state index in [1.165, 1.54) is 10.9 Å². The minimum absolute atomic E-state index is 0.137. The third kappa shape index (κ3) is 4.56. The zero-order chi connectivity index (χ0) is 21.1. The molecule has 1 aliphatic rings. The number of aromatic nitrogens is 2. The van der Waals surface area contributed by atoms with Crippen molar-refractivity contribution in [2.75, 3.05) is 11.9 Å².